The van der Waals surface area contributed by atoms with Crippen molar-refractivity contribution in [3.63, 3.8) is 0 Å². The summed E-state index contributed by atoms with van der Waals surface area (Å²) in [6.45, 7) is 1.13. The highest BCUT2D eigenvalue weighted by Crippen LogP contribution is 2.42. The number of halogens is 1. The number of pyridine rings is 2. The number of hydrogen-bond donors (Lipinski definition) is 1. The Hall–Kier alpha value is -2.70. The fourth-order valence-corrected chi connectivity index (χ4v) is 4.14. The topological polar surface area (TPSA) is 60.0 Å². The number of benzene rings is 1. The van der Waals surface area contributed by atoms with Crippen molar-refractivity contribution in [2.45, 2.75) is 9.92 Å². The summed E-state index contributed by atoms with van der Waals surface area (Å²) in [5.74, 6) is 1.53. The van der Waals surface area contributed by atoms with Crippen molar-refractivity contribution in [1.29, 1.82) is 0 Å². The molecule has 0 radical (unpaired) electrons. The lowest BCUT2D eigenvalue weighted by molar-refractivity contribution is 0.171. The molecule has 0 unspecified atom stereocenters. The third-order valence-corrected chi connectivity index (χ3v) is 5.56. The zero-order chi connectivity index (χ0) is 18.2. The van der Waals surface area contributed by atoms with Gasteiger partial charge in [-0.3, -0.25) is 0 Å². The van der Waals surface area contributed by atoms with Crippen molar-refractivity contribution in [2.24, 2.45) is 0 Å². The number of nitrogens with one attached hydrogen (secondary N) is 1. The molecule has 4 aromatic rings. The van der Waals surface area contributed by atoms with Gasteiger partial charge in [-0.1, -0.05) is 23.4 Å². The highest BCUT2D eigenvalue weighted by molar-refractivity contribution is 7.99. The van der Waals surface area contributed by atoms with Gasteiger partial charge in [0.25, 0.3) is 0 Å². The molecule has 7 heteroatoms. The largest absolute Gasteiger partial charge is 0.486 e. The Kier molecular flexibility index (Phi) is 4.14. The third-order valence-electron chi connectivity index (χ3n) is 4.26. The van der Waals surface area contributed by atoms with Crippen LogP contribution in [0.15, 0.2) is 64.8 Å². The molecule has 134 valence electrons. The second kappa shape index (κ2) is 6.79. The lowest BCUT2D eigenvalue weighted by atomic mass is 10.1. The van der Waals surface area contributed by atoms with Crippen molar-refractivity contribution >= 4 is 34.4 Å². The van der Waals surface area contributed by atoms with Crippen molar-refractivity contribution in [3.8, 4) is 22.8 Å². The Labute approximate surface area is 164 Å². The zero-order valence-corrected chi connectivity index (χ0v) is 15.7. The molecule has 1 aliphatic rings. The van der Waals surface area contributed by atoms with Gasteiger partial charge >= 0.3 is 0 Å². The number of hydrogen-bond acceptors (Lipinski definition) is 5. The average Bonchev–Trinajstić information content (AvgIpc) is 3.08. The molecule has 4 heterocycles. The number of nitrogens with zero attached hydrogens (tertiary/aromatic N) is 2. The fourth-order valence-electron chi connectivity index (χ4n) is 3.03. The maximum atomic E-state index is 5.97. The smallest absolute Gasteiger partial charge is 0.162 e. The molecule has 0 fully saturated rings. The van der Waals surface area contributed by atoms with E-state index in [1.54, 1.807) is 24.2 Å². The molecular weight excluding hydrogens is 382 g/mol. The van der Waals surface area contributed by atoms with Gasteiger partial charge in [-0.2, -0.15) is 0 Å². The predicted octanol–water partition coefficient (Wildman–Crippen LogP) is 5.20. The Morgan fingerprint density at radius 1 is 1.00 bits per heavy atom. The summed E-state index contributed by atoms with van der Waals surface area (Å²) in [5.41, 5.74) is 2.81. The summed E-state index contributed by atoms with van der Waals surface area (Å²) >= 11 is 7.55. The molecule has 1 aliphatic heterocycles. The molecule has 0 amide bonds. The SMILES string of the molecule is Clc1ccc(Sc2c(-c3ccc4c(c3)OCCO4)[nH]c3ncccc23)nc1. The lowest BCUT2D eigenvalue weighted by Crippen LogP contribution is -2.15. The molecule has 27 heavy (non-hydrogen) atoms. The average molecular weight is 396 g/mol. The van der Waals surface area contributed by atoms with Gasteiger partial charge in [0.15, 0.2) is 11.5 Å². The highest BCUT2D eigenvalue weighted by atomic mass is 35.5. The summed E-state index contributed by atoms with van der Waals surface area (Å²) in [6.07, 6.45) is 3.43. The molecule has 0 atom stereocenters. The molecule has 0 bridgehead atoms. The molecule has 1 aromatic carbocycles. The molecule has 0 aliphatic carbocycles. The van der Waals surface area contributed by atoms with Crippen LogP contribution in [0, 0.1) is 0 Å². The van der Waals surface area contributed by atoms with Crippen molar-refractivity contribution in [1.82, 2.24) is 15.0 Å². The zero-order valence-electron chi connectivity index (χ0n) is 14.1. The van der Waals surface area contributed by atoms with Gasteiger partial charge in [0, 0.05) is 28.2 Å². The van der Waals surface area contributed by atoms with Gasteiger partial charge in [-0.05, 0) is 42.5 Å². The van der Waals surface area contributed by atoms with Crippen LogP contribution < -0.4 is 9.47 Å². The third kappa shape index (κ3) is 3.11. The number of H-pyrrole nitrogens is 1. The van der Waals surface area contributed by atoms with Crippen LogP contribution in [0.4, 0.5) is 0 Å². The minimum Gasteiger partial charge on any atom is -0.486 e. The maximum absolute atomic E-state index is 5.97. The predicted molar refractivity (Wildman–Crippen MR) is 106 cm³/mol. The monoisotopic (exact) mass is 395 g/mol. The van der Waals surface area contributed by atoms with E-state index >= 15 is 0 Å². The molecule has 5 nitrogen and oxygen atoms in total. The first-order valence-corrected chi connectivity index (χ1v) is 9.63. The van der Waals surface area contributed by atoms with Gasteiger partial charge in [0.05, 0.1) is 10.7 Å². The number of fused-ring (bicyclic) bond motifs is 2. The van der Waals surface area contributed by atoms with Gasteiger partial charge in [0.1, 0.15) is 23.9 Å². The first-order valence-electron chi connectivity index (χ1n) is 8.44. The van der Waals surface area contributed by atoms with Crippen LogP contribution in [0.2, 0.25) is 5.02 Å². The summed E-state index contributed by atoms with van der Waals surface area (Å²) < 4.78 is 11.4. The van der Waals surface area contributed by atoms with E-state index in [1.807, 2.05) is 36.4 Å². The molecule has 0 spiro atoms. The van der Waals surface area contributed by atoms with Crippen LogP contribution in [0.3, 0.4) is 0 Å². The van der Waals surface area contributed by atoms with Gasteiger partial charge in [0.2, 0.25) is 0 Å². The first-order chi connectivity index (χ1) is 13.3. The Morgan fingerprint density at radius 3 is 2.74 bits per heavy atom. The van der Waals surface area contributed by atoms with E-state index in [2.05, 4.69) is 21.0 Å². The van der Waals surface area contributed by atoms with Crippen LogP contribution in [-0.2, 0) is 0 Å². The minimum absolute atomic E-state index is 0.557. The molecule has 0 saturated heterocycles. The van der Waals surface area contributed by atoms with E-state index in [4.69, 9.17) is 21.1 Å². The summed E-state index contributed by atoms with van der Waals surface area (Å²) in [6, 6.07) is 13.7. The summed E-state index contributed by atoms with van der Waals surface area (Å²) in [7, 11) is 0. The normalized spacial score (nSPS) is 13.1. The number of rotatable bonds is 3. The second-order valence-corrected chi connectivity index (χ2v) is 7.47. The lowest BCUT2D eigenvalue weighted by Gasteiger charge is -2.18. The Bertz CT molecular complexity index is 1130. The molecule has 0 saturated carbocycles. The van der Waals surface area contributed by atoms with Crippen LogP contribution >= 0.6 is 23.4 Å². The Morgan fingerprint density at radius 2 is 1.89 bits per heavy atom. The van der Waals surface area contributed by atoms with Crippen LogP contribution in [0.25, 0.3) is 22.3 Å². The van der Waals surface area contributed by atoms with E-state index in [0.29, 0.717) is 18.2 Å². The van der Waals surface area contributed by atoms with Crippen LogP contribution in [-0.4, -0.2) is 28.2 Å². The van der Waals surface area contributed by atoms with Gasteiger partial charge in [-0.15, -0.1) is 0 Å². The highest BCUT2D eigenvalue weighted by Gasteiger charge is 2.19. The maximum Gasteiger partial charge on any atom is 0.162 e. The molecule has 1 N–H and O–H groups in total. The van der Waals surface area contributed by atoms with E-state index in [0.717, 1.165) is 43.7 Å². The molecule has 3 aromatic heterocycles. The second-order valence-electron chi connectivity index (χ2n) is 6.00. The van der Waals surface area contributed by atoms with Crippen molar-refractivity contribution < 1.29 is 9.47 Å². The fraction of sp³-hybridized carbons (Fsp3) is 0.100. The molecule has 5 rings (SSSR count). The number of ether oxygens (including phenoxy) is 2. The first kappa shape index (κ1) is 16.5. The minimum atomic E-state index is 0.557. The standard InChI is InChI=1S/C20H14ClN3O2S/c21-13-4-6-17(23-11-13)27-19-14-2-1-7-22-20(14)24-18(19)12-3-5-15-16(10-12)26-9-8-25-15/h1-7,10-11H,8-9H2,(H,22,24). The summed E-state index contributed by atoms with van der Waals surface area (Å²) in [5, 5.41) is 2.53. The van der Waals surface area contributed by atoms with E-state index < -0.39 is 0 Å². The van der Waals surface area contributed by atoms with E-state index in [9.17, 15) is 0 Å². The quantitative estimate of drug-likeness (QED) is 0.516. The van der Waals surface area contributed by atoms with Crippen LogP contribution in [0.5, 0.6) is 11.5 Å². The van der Waals surface area contributed by atoms with Crippen LogP contribution in [0.1, 0.15) is 0 Å². The van der Waals surface area contributed by atoms with E-state index in [-0.39, 0.29) is 0 Å². The van der Waals surface area contributed by atoms with E-state index in [1.165, 1.54) is 0 Å². The summed E-state index contributed by atoms with van der Waals surface area (Å²) in [4.78, 5) is 13.4. The van der Waals surface area contributed by atoms with Gasteiger partial charge < -0.3 is 14.5 Å². The van der Waals surface area contributed by atoms with Crippen molar-refractivity contribution in [3.05, 3.63) is 59.9 Å². The van der Waals surface area contributed by atoms with Crippen molar-refractivity contribution in [2.75, 3.05) is 13.2 Å². The van der Waals surface area contributed by atoms with Gasteiger partial charge in [-0.25, -0.2) is 9.97 Å². The molecular formula is C20H14ClN3O2S. The number of aromatic nitrogens is 3. The Balaban J connectivity index is 1.64. The number of aromatic amines is 1.